The van der Waals surface area contributed by atoms with Crippen LogP contribution in [0.25, 0.3) is 0 Å². The normalized spacial score (nSPS) is 11.7. The van der Waals surface area contributed by atoms with Crippen LogP contribution >= 0.6 is 11.8 Å². The van der Waals surface area contributed by atoms with Crippen molar-refractivity contribution in [3.8, 4) is 0 Å². The van der Waals surface area contributed by atoms with Gasteiger partial charge in [-0.1, -0.05) is 12.1 Å². The summed E-state index contributed by atoms with van der Waals surface area (Å²) in [5.74, 6) is 0.684. The summed E-state index contributed by atoms with van der Waals surface area (Å²) in [4.78, 5) is 11.5. The van der Waals surface area contributed by atoms with Gasteiger partial charge in [-0.05, 0) is 26.0 Å². The molecule has 17 heavy (non-hydrogen) atoms. The third kappa shape index (κ3) is 4.52. The van der Waals surface area contributed by atoms with Crippen molar-refractivity contribution in [3.63, 3.8) is 0 Å². The Morgan fingerprint density at radius 1 is 1.35 bits per heavy atom. The van der Waals surface area contributed by atoms with E-state index in [1.165, 1.54) is 11.8 Å². The Balaban J connectivity index is 2.54. The number of sulfone groups is 1. The van der Waals surface area contributed by atoms with E-state index in [-0.39, 0.29) is 11.0 Å². The van der Waals surface area contributed by atoms with Crippen molar-refractivity contribution in [2.45, 2.75) is 24.0 Å². The van der Waals surface area contributed by atoms with Crippen LogP contribution in [0.3, 0.4) is 0 Å². The summed E-state index contributed by atoms with van der Waals surface area (Å²) in [6.45, 7) is 3.38. The van der Waals surface area contributed by atoms with Crippen LogP contribution in [0.5, 0.6) is 0 Å². The molecule has 1 aromatic rings. The Labute approximate surface area is 107 Å². The molecule has 0 N–H and O–H groups in total. The van der Waals surface area contributed by atoms with Crippen molar-refractivity contribution in [2.24, 2.45) is 0 Å². The van der Waals surface area contributed by atoms with Crippen LogP contribution < -0.4 is 0 Å². The molecule has 94 valence electrons. The molecule has 0 radical (unpaired) electrons. The van der Waals surface area contributed by atoms with E-state index < -0.39 is 9.84 Å². The van der Waals surface area contributed by atoms with Crippen LogP contribution in [0.4, 0.5) is 0 Å². The zero-order chi connectivity index (χ0) is 12.9. The number of hydrogen-bond donors (Lipinski definition) is 0. The molecule has 0 saturated heterocycles. The monoisotopic (exact) mass is 272 g/mol. The fourth-order valence-corrected chi connectivity index (χ4v) is 3.55. The van der Waals surface area contributed by atoms with Crippen LogP contribution in [-0.4, -0.2) is 31.5 Å². The second-order valence-electron chi connectivity index (χ2n) is 3.95. The fourth-order valence-electron chi connectivity index (χ4n) is 1.19. The molecule has 0 bridgehead atoms. The molecule has 0 aromatic heterocycles. The molecule has 3 nitrogen and oxygen atoms in total. The van der Waals surface area contributed by atoms with Gasteiger partial charge < -0.3 is 0 Å². The molecule has 0 fully saturated rings. The predicted molar refractivity (Wildman–Crippen MR) is 71.5 cm³/mol. The minimum absolute atomic E-state index is 0.167. The molecule has 0 aliphatic heterocycles. The van der Waals surface area contributed by atoms with E-state index in [1.54, 1.807) is 32.0 Å². The maximum Gasteiger partial charge on any atom is 0.153 e. The number of thioether (sulfide) groups is 1. The molecule has 0 unspecified atom stereocenters. The van der Waals surface area contributed by atoms with Crippen molar-refractivity contribution >= 4 is 27.9 Å². The number of rotatable bonds is 6. The molecular formula is C12H16O3S2. The topological polar surface area (TPSA) is 51.2 Å². The zero-order valence-electron chi connectivity index (χ0n) is 9.92. The third-order valence-corrected chi connectivity index (χ3v) is 5.81. The first-order valence-electron chi connectivity index (χ1n) is 5.35. The first-order chi connectivity index (χ1) is 7.95. The average molecular weight is 272 g/mol. The van der Waals surface area contributed by atoms with Gasteiger partial charge in [0.2, 0.25) is 0 Å². The average Bonchev–Trinajstić information content (AvgIpc) is 2.29. The highest BCUT2D eigenvalue weighted by atomic mass is 32.2. The fraction of sp³-hybridized carbons (Fsp3) is 0.417. The summed E-state index contributed by atoms with van der Waals surface area (Å²) in [5, 5.41) is -0.329. The minimum Gasteiger partial charge on any atom is -0.298 e. The number of benzene rings is 1. The zero-order valence-corrected chi connectivity index (χ0v) is 11.6. The van der Waals surface area contributed by atoms with Crippen LogP contribution in [0.1, 0.15) is 24.2 Å². The lowest BCUT2D eigenvalue weighted by Gasteiger charge is -2.07. The van der Waals surface area contributed by atoms with Gasteiger partial charge in [-0.3, -0.25) is 4.79 Å². The molecular weight excluding hydrogens is 256 g/mol. The van der Waals surface area contributed by atoms with Gasteiger partial charge in [0.15, 0.2) is 9.84 Å². The van der Waals surface area contributed by atoms with Gasteiger partial charge in [-0.2, -0.15) is 0 Å². The first-order valence-corrected chi connectivity index (χ1v) is 8.05. The largest absolute Gasteiger partial charge is 0.298 e. The quantitative estimate of drug-likeness (QED) is 0.589. The molecule has 0 atom stereocenters. The molecule has 0 heterocycles. The molecule has 0 aliphatic rings. The van der Waals surface area contributed by atoms with E-state index in [4.69, 9.17) is 0 Å². The summed E-state index contributed by atoms with van der Waals surface area (Å²) in [6.07, 6.45) is 0.787. The lowest BCUT2D eigenvalue weighted by atomic mass is 10.2. The van der Waals surface area contributed by atoms with Crippen LogP contribution in [0, 0.1) is 0 Å². The highest BCUT2D eigenvalue weighted by Crippen LogP contribution is 2.19. The molecule has 0 saturated carbocycles. The SMILES string of the molecule is CC(C)S(=O)(=O)CCSc1cccc(C=O)c1. The van der Waals surface area contributed by atoms with E-state index in [2.05, 4.69) is 0 Å². The smallest absolute Gasteiger partial charge is 0.153 e. The van der Waals surface area contributed by atoms with Crippen LogP contribution in [0.15, 0.2) is 29.2 Å². The van der Waals surface area contributed by atoms with Gasteiger partial charge in [-0.25, -0.2) is 8.42 Å². The Kier molecular flexibility index (Phi) is 5.21. The van der Waals surface area contributed by atoms with Crippen LogP contribution in [-0.2, 0) is 9.84 Å². The molecule has 0 aliphatic carbocycles. The van der Waals surface area contributed by atoms with Gasteiger partial charge in [0.05, 0.1) is 11.0 Å². The number of aldehydes is 1. The maximum absolute atomic E-state index is 11.6. The Hall–Kier alpha value is -0.810. The summed E-state index contributed by atoms with van der Waals surface area (Å²) in [7, 11) is -2.97. The van der Waals surface area contributed by atoms with Gasteiger partial charge in [0, 0.05) is 16.2 Å². The van der Waals surface area contributed by atoms with Crippen molar-refractivity contribution < 1.29 is 13.2 Å². The minimum atomic E-state index is -2.97. The van der Waals surface area contributed by atoms with E-state index in [9.17, 15) is 13.2 Å². The van der Waals surface area contributed by atoms with Crippen molar-refractivity contribution in [3.05, 3.63) is 29.8 Å². The van der Waals surface area contributed by atoms with E-state index in [1.807, 2.05) is 6.07 Å². The molecule has 0 spiro atoms. The van der Waals surface area contributed by atoms with Crippen molar-refractivity contribution in [1.29, 1.82) is 0 Å². The molecule has 5 heteroatoms. The van der Waals surface area contributed by atoms with Gasteiger partial charge in [-0.15, -0.1) is 11.8 Å². The van der Waals surface area contributed by atoms with E-state index in [0.29, 0.717) is 11.3 Å². The lowest BCUT2D eigenvalue weighted by Crippen LogP contribution is -2.18. The summed E-state index contributed by atoms with van der Waals surface area (Å²) in [5.41, 5.74) is 0.613. The summed E-state index contributed by atoms with van der Waals surface area (Å²) >= 11 is 1.46. The Morgan fingerprint density at radius 3 is 2.65 bits per heavy atom. The highest BCUT2D eigenvalue weighted by molar-refractivity contribution is 8.00. The number of carbonyl (C=O) groups is 1. The van der Waals surface area contributed by atoms with Crippen LogP contribution in [0.2, 0.25) is 0 Å². The number of hydrogen-bond acceptors (Lipinski definition) is 4. The highest BCUT2D eigenvalue weighted by Gasteiger charge is 2.15. The van der Waals surface area contributed by atoms with Crippen molar-refractivity contribution in [2.75, 3.05) is 11.5 Å². The Bertz CT molecular complexity index is 478. The first kappa shape index (κ1) is 14.3. The second kappa shape index (κ2) is 6.21. The third-order valence-electron chi connectivity index (χ3n) is 2.35. The van der Waals surface area contributed by atoms with E-state index >= 15 is 0 Å². The molecule has 1 rings (SSSR count). The Morgan fingerprint density at radius 2 is 2.06 bits per heavy atom. The lowest BCUT2D eigenvalue weighted by molar-refractivity contribution is 0.112. The molecule has 1 aromatic carbocycles. The van der Waals surface area contributed by atoms with Gasteiger partial charge in [0.25, 0.3) is 0 Å². The summed E-state index contributed by atoms with van der Waals surface area (Å²) in [6, 6.07) is 7.16. The van der Waals surface area contributed by atoms with Gasteiger partial charge in [0.1, 0.15) is 6.29 Å². The number of carbonyl (C=O) groups excluding carboxylic acids is 1. The maximum atomic E-state index is 11.6. The predicted octanol–water partition coefficient (Wildman–Crippen LogP) is 2.41. The standard InChI is InChI=1S/C12H16O3S2/c1-10(2)17(14,15)7-6-16-12-5-3-4-11(8-12)9-13/h3-5,8-10H,6-7H2,1-2H3. The van der Waals surface area contributed by atoms with Crippen molar-refractivity contribution in [1.82, 2.24) is 0 Å². The molecule has 0 amide bonds. The van der Waals surface area contributed by atoms with Gasteiger partial charge >= 0.3 is 0 Å². The van der Waals surface area contributed by atoms with E-state index in [0.717, 1.165) is 11.2 Å². The second-order valence-corrected chi connectivity index (χ2v) is 7.80. The summed E-state index contributed by atoms with van der Waals surface area (Å²) < 4.78 is 23.1.